The van der Waals surface area contributed by atoms with Gasteiger partial charge in [-0.25, -0.2) is 0 Å². The van der Waals surface area contributed by atoms with Gasteiger partial charge in [-0.1, -0.05) is 76.9 Å². The summed E-state index contributed by atoms with van der Waals surface area (Å²) in [5.74, 6) is -0.128. The second-order valence-electron chi connectivity index (χ2n) is 8.81. The van der Waals surface area contributed by atoms with Gasteiger partial charge in [0.1, 0.15) is 6.10 Å². The van der Waals surface area contributed by atoms with Crippen LogP contribution in [0.4, 0.5) is 0 Å². The lowest BCUT2D eigenvalue weighted by molar-refractivity contribution is -0.132. The normalized spacial score (nSPS) is 21.7. The highest BCUT2D eigenvalue weighted by Crippen LogP contribution is 2.19. The first kappa shape index (κ1) is 27.1. The number of β-amino-alcohol motifs (C(OH)–C–C–N with tert-alkyl or cyclic N) is 1. The van der Waals surface area contributed by atoms with E-state index in [1.54, 1.807) is 0 Å². The molecule has 1 rings (SSSR count). The first-order chi connectivity index (χ1) is 14.6. The van der Waals surface area contributed by atoms with Crippen molar-refractivity contribution in [1.29, 1.82) is 0 Å². The number of aliphatic hydroxyl groups is 2. The number of unbranched alkanes of at least 4 members (excludes halogenated alkanes) is 12. The Kier molecular flexibility index (Phi) is 16.0. The second-order valence-corrected chi connectivity index (χ2v) is 8.81. The maximum Gasteiger partial charge on any atom is 0.219 e. The number of allylic oxidation sites excluding steroid dienone is 2. The zero-order valence-electron chi connectivity index (χ0n) is 19.6. The van der Waals surface area contributed by atoms with Crippen molar-refractivity contribution in [3.8, 4) is 0 Å². The van der Waals surface area contributed by atoms with Crippen molar-refractivity contribution in [3.05, 3.63) is 12.2 Å². The average molecular weight is 426 g/mol. The summed E-state index contributed by atoms with van der Waals surface area (Å²) in [6.07, 6.45) is 20.9. The Balaban J connectivity index is 1.87. The predicted octanol–water partition coefficient (Wildman–Crippen LogP) is 4.99. The molecule has 176 valence electrons. The summed E-state index contributed by atoms with van der Waals surface area (Å²) in [7, 11) is 0. The van der Waals surface area contributed by atoms with Gasteiger partial charge >= 0.3 is 0 Å². The molecule has 5 nitrogen and oxygen atoms in total. The van der Waals surface area contributed by atoms with Crippen LogP contribution in [0.25, 0.3) is 0 Å². The molecule has 1 heterocycles. The van der Waals surface area contributed by atoms with Crippen LogP contribution in [0.5, 0.6) is 0 Å². The summed E-state index contributed by atoms with van der Waals surface area (Å²) in [5, 5.41) is 19.7. The minimum Gasteiger partial charge on any atom is -0.388 e. The summed E-state index contributed by atoms with van der Waals surface area (Å²) in [6.45, 7) is 4.86. The first-order valence-corrected chi connectivity index (χ1v) is 12.4. The van der Waals surface area contributed by atoms with Gasteiger partial charge in [0.25, 0.3) is 0 Å². The molecule has 0 spiro atoms. The van der Waals surface area contributed by atoms with Crippen molar-refractivity contribution in [2.24, 2.45) is 0 Å². The minimum absolute atomic E-state index is 0.128. The number of hydrogen-bond acceptors (Lipinski definition) is 4. The maximum atomic E-state index is 11.6. The van der Waals surface area contributed by atoms with Gasteiger partial charge in [0.15, 0.2) is 0 Å². The molecule has 0 aromatic heterocycles. The summed E-state index contributed by atoms with van der Waals surface area (Å²) in [4.78, 5) is 13.1. The Morgan fingerprint density at radius 1 is 0.900 bits per heavy atom. The van der Waals surface area contributed by atoms with E-state index >= 15 is 0 Å². The lowest BCUT2D eigenvalue weighted by atomic mass is 10.1. The minimum atomic E-state index is -0.909. The topological polar surface area (TPSA) is 70.0 Å². The Morgan fingerprint density at radius 2 is 1.43 bits per heavy atom. The summed E-state index contributed by atoms with van der Waals surface area (Å²) in [5.41, 5.74) is 0. The van der Waals surface area contributed by atoms with Crippen LogP contribution in [0.1, 0.15) is 104 Å². The maximum absolute atomic E-state index is 11.6. The number of rotatable bonds is 18. The van der Waals surface area contributed by atoms with E-state index in [0.717, 1.165) is 12.8 Å². The lowest BCUT2D eigenvalue weighted by Crippen LogP contribution is -2.42. The van der Waals surface area contributed by atoms with Gasteiger partial charge in [0, 0.05) is 20.1 Å². The van der Waals surface area contributed by atoms with Crippen LogP contribution in [-0.2, 0) is 9.53 Å². The number of amides is 1. The number of nitrogens with zero attached hydrogens (tertiary/aromatic N) is 1. The third kappa shape index (κ3) is 12.1. The summed E-state index contributed by atoms with van der Waals surface area (Å²) < 4.78 is 5.66. The number of carbonyl (C=O) groups is 1. The van der Waals surface area contributed by atoms with Crippen molar-refractivity contribution in [3.63, 3.8) is 0 Å². The Morgan fingerprint density at radius 3 is 2.00 bits per heavy atom. The van der Waals surface area contributed by atoms with Crippen LogP contribution in [0.3, 0.4) is 0 Å². The standard InChI is InChI=1S/C25H47NO4/c1-3-4-5-6-7-8-9-10-11-12-13-14-15-16-17-18-19-30-21-23-25(29)24(28)20-26(23)22(2)27/h10-11,23-25,28-29H,3-9,12-21H2,1-2H3/b11-10-/t23-,24+,25-/m1/s1. The van der Waals surface area contributed by atoms with Crippen LogP contribution in [-0.4, -0.2) is 59.0 Å². The molecule has 30 heavy (non-hydrogen) atoms. The lowest BCUT2D eigenvalue weighted by Gasteiger charge is -2.24. The van der Waals surface area contributed by atoms with Gasteiger partial charge < -0.3 is 19.8 Å². The van der Waals surface area contributed by atoms with Gasteiger partial charge in [-0.3, -0.25) is 4.79 Å². The van der Waals surface area contributed by atoms with Gasteiger partial charge in [-0.05, 0) is 32.1 Å². The van der Waals surface area contributed by atoms with Crippen LogP contribution in [0.2, 0.25) is 0 Å². The van der Waals surface area contributed by atoms with Crippen LogP contribution < -0.4 is 0 Å². The fourth-order valence-corrected chi connectivity index (χ4v) is 4.09. The first-order valence-electron chi connectivity index (χ1n) is 12.4. The van der Waals surface area contributed by atoms with Crippen molar-refractivity contribution < 1.29 is 19.7 Å². The molecule has 0 unspecified atom stereocenters. The molecule has 0 aliphatic carbocycles. The SMILES string of the molecule is CCCCCCCC/C=C\CCCCCCCCOC[C@@H]1[C@@H](O)[C@@H](O)CN1C(C)=O. The van der Waals surface area contributed by atoms with E-state index in [1.165, 1.54) is 88.9 Å². The quantitative estimate of drug-likeness (QED) is 0.240. The predicted molar refractivity (Wildman–Crippen MR) is 123 cm³/mol. The molecule has 0 saturated carbocycles. The highest BCUT2D eigenvalue weighted by atomic mass is 16.5. The molecule has 2 N–H and O–H groups in total. The number of ether oxygens (including phenoxy) is 1. The molecule has 1 aliphatic heterocycles. The molecule has 1 aliphatic rings. The molecule has 0 aromatic rings. The fraction of sp³-hybridized carbons (Fsp3) is 0.880. The number of likely N-dealkylation sites (tertiary alicyclic amines) is 1. The highest BCUT2D eigenvalue weighted by Gasteiger charge is 2.41. The van der Waals surface area contributed by atoms with E-state index in [0.29, 0.717) is 13.2 Å². The van der Waals surface area contributed by atoms with Crippen molar-refractivity contribution in [2.75, 3.05) is 19.8 Å². The van der Waals surface area contributed by atoms with Gasteiger partial charge in [-0.2, -0.15) is 0 Å². The van der Waals surface area contributed by atoms with E-state index in [-0.39, 0.29) is 12.5 Å². The van der Waals surface area contributed by atoms with Gasteiger partial charge in [0.2, 0.25) is 5.91 Å². The monoisotopic (exact) mass is 425 g/mol. The molecular weight excluding hydrogens is 378 g/mol. The number of aliphatic hydroxyl groups excluding tert-OH is 2. The Bertz CT molecular complexity index is 454. The molecule has 0 radical (unpaired) electrons. The third-order valence-electron chi connectivity index (χ3n) is 6.07. The Hall–Kier alpha value is -0.910. The second kappa shape index (κ2) is 17.7. The van der Waals surface area contributed by atoms with Crippen molar-refractivity contribution in [2.45, 2.75) is 122 Å². The summed E-state index contributed by atoms with van der Waals surface area (Å²) in [6, 6.07) is -0.424. The van der Waals surface area contributed by atoms with E-state index in [4.69, 9.17) is 4.74 Å². The average Bonchev–Trinajstić information content (AvgIpc) is 3.01. The third-order valence-corrected chi connectivity index (χ3v) is 6.07. The van der Waals surface area contributed by atoms with Crippen LogP contribution >= 0.6 is 0 Å². The van der Waals surface area contributed by atoms with Crippen LogP contribution in [0.15, 0.2) is 12.2 Å². The zero-order valence-corrected chi connectivity index (χ0v) is 19.6. The van der Waals surface area contributed by atoms with E-state index < -0.39 is 18.2 Å². The fourth-order valence-electron chi connectivity index (χ4n) is 4.09. The van der Waals surface area contributed by atoms with Crippen molar-refractivity contribution in [1.82, 2.24) is 4.90 Å². The zero-order chi connectivity index (χ0) is 22.0. The number of carbonyl (C=O) groups excluding carboxylic acids is 1. The molecule has 0 aromatic carbocycles. The van der Waals surface area contributed by atoms with Crippen molar-refractivity contribution >= 4 is 5.91 Å². The highest BCUT2D eigenvalue weighted by molar-refractivity contribution is 5.74. The van der Waals surface area contributed by atoms with Gasteiger partial charge in [-0.15, -0.1) is 0 Å². The molecule has 5 heteroatoms. The Labute approximate surface area is 184 Å². The number of hydrogen-bond donors (Lipinski definition) is 2. The van der Waals surface area contributed by atoms with E-state index in [9.17, 15) is 15.0 Å². The molecule has 1 amide bonds. The molecule has 1 saturated heterocycles. The molecule has 0 bridgehead atoms. The largest absolute Gasteiger partial charge is 0.388 e. The smallest absolute Gasteiger partial charge is 0.219 e. The molecule has 1 fully saturated rings. The van der Waals surface area contributed by atoms with Gasteiger partial charge in [0.05, 0.1) is 18.8 Å². The van der Waals surface area contributed by atoms with E-state index in [1.807, 2.05) is 0 Å². The molecular formula is C25H47NO4. The van der Waals surface area contributed by atoms with Crippen LogP contribution in [0, 0.1) is 0 Å². The molecule has 3 atom stereocenters. The van der Waals surface area contributed by atoms with E-state index in [2.05, 4.69) is 19.1 Å². The summed E-state index contributed by atoms with van der Waals surface area (Å²) >= 11 is 0.